The first-order chi connectivity index (χ1) is 10.5. The Labute approximate surface area is 131 Å². The fourth-order valence-corrected chi connectivity index (χ4v) is 3.35. The van der Waals surface area contributed by atoms with E-state index in [9.17, 15) is 8.42 Å². The monoisotopic (exact) mass is 320 g/mol. The van der Waals surface area contributed by atoms with Crippen LogP contribution in [0.4, 0.5) is 0 Å². The summed E-state index contributed by atoms with van der Waals surface area (Å²) in [6, 6.07) is 10.0. The molecular formula is C16H20N2O3S. The minimum absolute atomic E-state index is 0.241. The highest BCUT2D eigenvalue weighted by Crippen LogP contribution is 2.17. The SMILES string of the molecule is CCOCc1cccc(S(=O)(=O)N[C@@H](C)c2ccncc2)c1. The van der Waals surface area contributed by atoms with Crippen molar-refractivity contribution in [2.24, 2.45) is 0 Å². The molecule has 5 nitrogen and oxygen atoms in total. The molecule has 0 radical (unpaired) electrons. The minimum atomic E-state index is -3.58. The third kappa shape index (κ3) is 4.37. The molecule has 1 heterocycles. The minimum Gasteiger partial charge on any atom is -0.377 e. The predicted molar refractivity (Wildman–Crippen MR) is 84.7 cm³/mol. The van der Waals surface area contributed by atoms with Crippen molar-refractivity contribution in [3.8, 4) is 0 Å². The zero-order valence-electron chi connectivity index (χ0n) is 12.7. The Kier molecular flexibility index (Phi) is 5.65. The lowest BCUT2D eigenvalue weighted by atomic mass is 10.1. The number of benzene rings is 1. The summed E-state index contributed by atoms with van der Waals surface area (Å²) in [5.74, 6) is 0. The Bertz CT molecular complexity index is 702. The van der Waals surface area contributed by atoms with E-state index in [1.807, 2.05) is 13.0 Å². The molecule has 2 rings (SSSR count). The van der Waals surface area contributed by atoms with Crippen molar-refractivity contribution in [1.82, 2.24) is 9.71 Å². The molecule has 6 heteroatoms. The lowest BCUT2D eigenvalue weighted by Gasteiger charge is -2.15. The van der Waals surface area contributed by atoms with Crippen LogP contribution >= 0.6 is 0 Å². The van der Waals surface area contributed by atoms with Gasteiger partial charge in [-0.25, -0.2) is 13.1 Å². The summed E-state index contributed by atoms with van der Waals surface area (Å²) in [6.45, 7) is 4.70. The molecule has 118 valence electrons. The van der Waals surface area contributed by atoms with E-state index < -0.39 is 10.0 Å². The van der Waals surface area contributed by atoms with Gasteiger partial charge in [-0.1, -0.05) is 12.1 Å². The third-order valence-corrected chi connectivity index (χ3v) is 4.76. The number of ether oxygens (including phenoxy) is 1. The molecule has 1 aromatic carbocycles. The van der Waals surface area contributed by atoms with Crippen molar-refractivity contribution >= 4 is 10.0 Å². The van der Waals surface area contributed by atoms with Gasteiger partial charge >= 0.3 is 0 Å². The van der Waals surface area contributed by atoms with Crippen molar-refractivity contribution < 1.29 is 13.2 Å². The Morgan fingerprint density at radius 2 is 1.95 bits per heavy atom. The molecule has 0 aliphatic rings. The van der Waals surface area contributed by atoms with Crippen LogP contribution in [0.25, 0.3) is 0 Å². The normalized spacial score (nSPS) is 13.0. The largest absolute Gasteiger partial charge is 0.377 e. The second-order valence-electron chi connectivity index (χ2n) is 4.91. The molecule has 22 heavy (non-hydrogen) atoms. The number of sulfonamides is 1. The summed E-state index contributed by atoms with van der Waals surface area (Å²) in [5.41, 5.74) is 1.70. The summed E-state index contributed by atoms with van der Waals surface area (Å²) >= 11 is 0. The lowest BCUT2D eigenvalue weighted by Crippen LogP contribution is -2.27. The van der Waals surface area contributed by atoms with Crippen molar-refractivity contribution in [2.45, 2.75) is 31.4 Å². The zero-order valence-corrected chi connectivity index (χ0v) is 13.5. The molecule has 2 aromatic rings. The highest BCUT2D eigenvalue weighted by molar-refractivity contribution is 7.89. The van der Waals surface area contributed by atoms with Gasteiger partial charge in [0.05, 0.1) is 11.5 Å². The Morgan fingerprint density at radius 3 is 2.64 bits per heavy atom. The van der Waals surface area contributed by atoms with Crippen molar-refractivity contribution in [3.05, 3.63) is 59.9 Å². The van der Waals surface area contributed by atoms with Crippen LogP contribution in [-0.4, -0.2) is 20.0 Å². The maximum absolute atomic E-state index is 12.5. The summed E-state index contributed by atoms with van der Waals surface area (Å²) in [5, 5.41) is 0. The van der Waals surface area contributed by atoms with Crippen LogP contribution in [0.1, 0.15) is 31.0 Å². The molecule has 1 N–H and O–H groups in total. The molecule has 0 saturated carbocycles. The first-order valence-corrected chi connectivity index (χ1v) is 8.60. The van der Waals surface area contributed by atoms with Gasteiger partial charge in [-0.15, -0.1) is 0 Å². The quantitative estimate of drug-likeness (QED) is 0.851. The van der Waals surface area contributed by atoms with E-state index in [-0.39, 0.29) is 10.9 Å². The molecule has 0 aliphatic carbocycles. The summed E-state index contributed by atoms with van der Waals surface area (Å²) < 4.78 is 32.9. The second kappa shape index (κ2) is 7.49. The van der Waals surface area contributed by atoms with Gasteiger partial charge in [0.1, 0.15) is 0 Å². The third-order valence-electron chi connectivity index (χ3n) is 3.22. The van der Waals surface area contributed by atoms with Crippen LogP contribution in [0.15, 0.2) is 53.7 Å². The number of rotatable bonds is 7. The fourth-order valence-electron chi connectivity index (χ4n) is 2.04. The van der Waals surface area contributed by atoms with Crippen molar-refractivity contribution in [1.29, 1.82) is 0 Å². The first kappa shape index (κ1) is 16.6. The van der Waals surface area contributed by atoms with E-state index >= 15 is 0 Å². The van der Waals surface area contributed by atoms with E-state index in [1.54, 1.807) is 49.6 Å². The van der Waals surface area contributed by atoms with E-state index in [1.165, 1.54) is 0 Å². The van der Waals surface area contributed by atoms with E-state index in [2.05, 4.69) is 9.71 Å². The molecule has 0 fully saturated rings. The van der Waals surface area contributed by atoms with E-state index in [0.29, 0.717) is 13.2 Å². The smallest absolute Gasteiger partial charge is 0.241 e. The molecule has 0 spiro atoms. The molecule has 0 saturated heterocycles. The summed E-state index contributed by atoms with van der Waals surface area (Å²) in [4.78, 5) is 4.17. The molecule has 0 unspecified atom stereocenters. The van der Waals surface area contributed by atoms with Crippen LogP contribution in [0.3, 0.4) is 0 Å². The van der Waals surface area contributed by atoms with Gasteiger partial charge in [0.25, 0.3) is 0 Å². The number of nitrogens with zero attached hydrogens (tertiary/aromatic N) is 1. The molecule has 0 aliphatic heterocycles. The number of hydrogen-bond donors (Lipinski definition) is 1. The highest BCUT2D eigenvalue weighted by Gasteiger charge is 2.18. The lowest BCUT2D eigenvalue weighted by molar-refractivity contribution is 0.134. The molecule has 0 bridgehead atoms. The van der Waals surface area contributed by atoms with Crippen LogP contribution in [-0.2, 0) is 21.4 Å². The Morgan fingerprint density at radius 1 is 1.23 bits per heavy atom. The van der Waals surface area contributed by atoms with Crippen LogP contribution in [0.5, 0.6) is 0 Å². The maximum Gasteiger partial charge on any atom is 0.241 e. The van der Waals surface area contributed by atoms with Gasteiger partial charge in [-0.3, -0.25) is 4.98 Å². The van der Waals surface area contributed by atoms with Crippen molar-refractivity contribution in [2.75, 3.05) is 6.61 Å². The van der Waals surface area contributed by atoms with Gasteiger partial charge in [-0.05, 0) is 49.2 Å². The van der Waals surface area contributed by atoms with Crippen molar-refractivity contribution in [3.63, 3.8) is 0 Å². The zero-order chi connectivity index (χ0) is 16.0. The average molecular weight is 320 g/mol. The van der Waals surface area contributed by atoms with Crippen LogP contribution < -0.4 is 4.72 Å². The number of hydrogen-bond acceptors (Lipinski definition) is 4. The standard InChI is InChI=1S/C16H20N2O3S/c1-3-21-12-14-5-4-6-16(11-14)22(19,20)18-13(2)15-7-9-17-10-8-15/h4-11,13,18H,3,12H2,1-2H3/t13-/m0/s1. The molecule has 1 atom stereocenters. The average Bonchev–Trinajstić information content (AvgIpc) is 2.53. The Balaban J connectivity index is 2.16. The number of nitrogens with one attached hydrogen (secondary N) is 1. The topological polar surface area (TPSA) is 68.3 Å². The van der Waals surface area contributed by atoms with Gasteiger partial charge in [0.15, 0.2) is 0 Å². The summed E-state index contributed by atoms with van der Waals surface area (Å²) in [7, 11) is -3.58. The number of aromatic nitrogens is 1. The van der Waals surface area contributed by atoms with Crippen LogP contribution in [0.2, 0.25) is 0 Å². The fraction of sp³-hybridized carbons (Fsp3) is 0.312. The van der Waals surface area contributed by atoms with Gasteiger partial charge < -0.3 is 4.74 Å². The maximum atomic E-state index is 12.5. The molecular weight excluding hydrogens is 300 g/mol. The highest BCUT2D eigenvalue weighted by atomic mass is 32.2. The van der Waals surface area contributed by atoms with E-state index in [0.717, 1.165) is 11.1 Å². The second-order valence-corrected chi connectivity index (χ2v) is 6.62. The number of pyridine rings is 1. The van der Waals surface area contributed by atoms with Crippen LogP contribution in [0, 0.1) is 0 Å². The van der Waals surface area contributed by atoms with E-state index in [4.69, 9.17) is 4.74 Å². The predicted octanol–water partition coefficient (Wildman–Crippen LogP) is 2.66. The molecule has 0 amide bonds. The first-order valence-electron chi connectivity index (χ1n) is 7.12. The summed E-state index contributed by atoms with van der Waals surface area (Å²) in [6.07, 6.45) is 3.28. The Hall–Kier alpha value is -1.76. The molecule has 1 aromatic heterocycles. The van der Waals surface area contributed by atoms with Gasteiger partial charge in [0.2, 0.25) is 10.0 Å². The van der Waals surface area contributed by atoms with Gasteiger partial charge in [0, 0.05) is 25.0 Å². The van der Waals surface area contributed by atoms with Gasteiger partial charge in [-0.2, -0.15) is 0 Å².